The van der Waals surface area contributed by atoms with Crippen LogP contribution in [0, 0.1) is 25.5 Å². The first-order chi connectivity index (χ1) is 9.92. The average molecular weight is 290 g/mol. The minimum absolute atomic E-state index is 0.271. The van der Waals surface area contributed by atoms with Gasteiger partial charge in [0.1, 0.15) is 11.6 Å². The molecule has 4 heteroatoms. The van der Waals surface area contributed by atoms with E-state index in [9.17, 15) is 8.78 Å². The van der Waals surface area contributed by atoms with Crippen LogP contribution in [0.15, 0.2) is 36.4 Å². The second kappa shape index (κ2) is 6.22. The Bertz CT molecular complexity index is 620. The number of hydrogen-bond acceptors (Lipinski definition) is 2. The van der Waals surface area contributed by atoms with Crippen LogP contribution >= 0.6 is 0 Å². The molecule has 2 nitrogen and oxygen atoms in total. The van der Waals surface area contributed by atoms with Gasteiger partial charge in [-0.15, -0.1) is 0 Å². The zero-order valence-electron chi connectivity index (χ0n) is 12.5. The van der Waals surface area contributed by atoms with Gasteiger partial charge < -0.3 is 10.6 Å². The fourth-order valence-corrected chi connectivity index (χ4v) is 2.65. The van der Waals surface area contributed by atoms with Crippen LogP contribution in [0.5, 0.6) is 0 Å². The third-order valence-corrected chi connectivity index (χ3v) is 3.69. The van der Waals surface area contributed by atoms with Gasteiger partial charge in [0.05, 0.1) is 6.04 Å². The molecule has 21 heavy (non-hydrogen) atoms. The van der Waals surface area contributed by atoms with E-state index in [-0.39, 0.29) is 12.6 Å². The molecule has 2 aromatic carbocycles. The van der Waals surface area contributed by atoms with Crippen LogP contribution in [-0.2, 0) is 0 Å². The fourth-order valence-electron chi connectivity index (χ4n) is 2.65. The van der Waals surface area contributed by atoms with Crippen molar-refractivity contribution >= 4 is 5.69 Å². The van der Waals surface area contributed by atoms with Crippen molar-refractivity contribution in [3.05, 3.63) is 64.7 Å². The Labute approximate surface area is 124 Å². The van der Waals surface area contributed by atoms with Gasteiger partial charge >= 0.3 is 0 Å². The normalized spacial score (nSPS) is 12.3. The molecule has 0 radical (unpaired) electrons. The first-order valence-corrected chi connectivity index (χ1v) is 6.88. The van der Waals surface area contributed by atoms with Gasteiger partial charge in [-0.05, 0) is 43.2 Å². The number of nitrogens with zero attached hydrogens (tertiary/aromatic N) is 1. The van der Waals surface area contributed by atoms with E-state index >= 15 is 0 Å². The van der Waals surface area contributed by atoms with Crippen LogP contribution in [0.3, 0.4) is 0 Å². The highest BCUT2D eigenvalue weighted by atomic mass is 19.1. The second-order valence-electron chi connectivity index (χ2n) is 5.36. The number of nitrogens with two attached hydrogens (primary N) is 1. The SMILES string of the molecule is Cc1ccc(N(C)C(CN)c2cc(F)cc(F)c2)c(C)c1. The highest BCUT2D eigenvalue weighted by molar-refractivity contribution is 5.55. The van der Waals surface area contributed by atoms with Crippen LogP contribution in [0.4, 0.5) is 14.5 Å². The average Bonchev–Trinajstić information content (AvgIpc) is 2.38. The molecule has 0 saturated heterocycles. The molecule has 0 bridgehead atoms. The van der Waals surface area contributed by atoms with Gasteiger partial charge in [0.15, 0.2) is 0 Å². The number of hydrogen-bond donors (Lipinski definition) is 1. The molecule has 0 amide bonds. The van der Waals surface area contributed by atoms with Gasteiger partial charge in [0.25, 0.3) is 0 Å². The number of rotatable bonds is 4. The van der Waals surface area contributed by atoms with Crippen molar-refractivity contribution in [2.75, 3.05) is 18.5 Å². The molecule has 0 aliphatic carbocycles. The van der Waals surface area contributed by atoms with E-state index in [0.29, 0.717) is 5.56 Å². The highest BCUT2D eigenvalue weighted by Crippen LogP contribution is 2.29. The molecule has 2 aromatic rings. The Morgan fingerprint density at radius 1 is 1.05 bits per heavy atom. The van der Waals surface area contributed by atoms with Crippen LogP contribution in [0.25, 0.3) is 0 Å². The molecule has 2 N–H and O–H groups in total. The lowest BCUT2D eigenvalue weighted by atomic mass is 10.0. The third kappa shape index (κ3) is 3.39. The van der Waals surface area contributed by atoms with Crippen LogP contribution < -0.4 is 10.6 Å². The summed E-state index contributed by atoms with van der Waals surface area (Å²) in [4.78, 5) is 1.96. The van der Waals surface area contributed by atoms with Crippen LogP contribution in [0.2, 0.25) is 0 Å². The Morgan fingerprint density at radius 3 is 2.19 bits per heavy atom. The largest absolute Gasteiger partial charge is 0.366 e. The van der Waals surface area contributed by atoms with Gasteiger partial charge in [0, 0.05) is 25.3 Å². The van der Waals surface area contributed by atoms with Crippen molar-refractivity contribution in [3.8, 4) is 0 Å². The molecule has 112 valence electrons. The molecular weight excluding hydrogens is 270 g/mol. The summed E-state index contributed by atoms with van der Waals surface area (Å²) in [6.45, 7) is 4.31. The minimum atomic E-state index is -0.586. The van der Waals surface area contributed by atoms with Crippen molar-refractivity contribution in [2.45, 2.75) is 19.9 Å². The molecule has 0 fully saturated rings. The van der Waals surface area contributed by atoms with Crippen molar-refractivity contribution in [3.63, 3.8) is 0 Å². The Morgan fingerprint density at radius 2 is 1.67 bits per heavy atom. The summed E-state index contributed by atoms with van der Waals surface area (Å²) in [7, 11) is 1.89. The van der Waals surface area contributed by atoms with Gasteiger partial charge in [0.2, 0.25) is 0 Å². The third-order valence-electron chi connectivity index (χ3n) is 3.69. The topological polar surface area (TPSA) is 29.3 Å². The maximum absolute atomic E-state index is 13.4. The molecular formula is C17H20F2N2. The Kier molecular flexibility index (Phi) is 4.58. The lowest BCUT2D eigenvalue weighted by molar-refractivity contribution is 0.570. The van der Waals surface area contributed by atoms with Gasteiger partial charge in [-0.1, -0.05) is 17.7 Å². The summed E-state index contributed by atoms with van der Waals surface area (Å²) in [5.74, 6) is -1.17. The van der Waals surface area contributed by atoms with Crippen LogP contribution in [-0.4, -0.2) is 13.6 Å². The smallest absolute Gasteiger partial charge is 0.126 e. The lowest BCUT2D eigenvalue weighted by Gasteiger charge is -2.31. The quantitative estimate of drug-likeness (QED) is 0.930. The van der Waals surface area contributed by atoms with E-state index in [0.717, 1.165) is 17.3 Å². The van der Waals surface area contributed by atoms with E-state index in [2.05, 4.69) is 6.07 Å². The number of likely N-dealkylation sites (N-methyl/N-ethyl adjacent to an activating group) is 1. The van der Waals surface area contributed by atoms with Crippen LogP contribution in [0.1, 0.15) is 22.7 Å². The number of halogens is 2. The molecule has 1 atom stereocenters. The molecule has 0 heterocycles. The van der Waals surface area contributed by atoms with E-state index < -0.39 is 11.6 Å². The minimum Gasteiger partial charge on any atom is -0.366 e. The molecule has 0 aliphatic heterocycles. The van der Waals surface area contributed by atoms with Gasteiger partial charge in [-0.2, -0.15) is 0 Å². The molecule has 1 unspecified atom stereocenters. The molecule has 0 saturated carbocycles. The molecule has 2 rings (SSSR count). The lowest BCUT2D eigenvalue weighted by Crippen LogP contribution is -2.31. The monoisotopic (exact) mass is 290 g/mol. The van der Waals surface area contributed by atoms with Crippen molar-refractivity contribution in [1.29, 1.82) is 0 Å². The predicted octanol–water partition coefficient (Wildman–Crippen LogP) is 3.72. The van der Waals surface area contributed by atoms with E-state index in [1.807, 2.05) is 37.9 Å². The number of aryl methyl sites for hydroxylation is 2. The number of benzene rings is 2. The second-order valence-corrected chi connectivity index (χ2v) is 5.36. The predicted molar refractivity (Wildman–Crippen MR) is 82.5 cm³/mol. The summed E-state index contributed by atoms with van der Waals surface area (Å²) >= 11 is 0. The van der Waals surface area contributed by atoms with E-state index in [1.165, 1.54) is 17.7 Å². The van der Waals surface area contributed by atoms with E-state index in [4.69, 9.17) is 5.73 Å². The zero-order valence-corrected chi connectivity index (χ0v) is 12.5. The first kappa shape index (κ1) is 15.4. The van der Waals surface area contributed by atoms with Gasteiger partial charge in [-0.25, -0.2) is 8.78 Å². The summed E-state index contributed by atoms with van der Waals surface area (Å²) in [5.41, 5.74) is 9.65. The Balaban J connectivity index is 2.40. The van der Waals surface area contributed by atoms with Gasteiger partial charge in [-0.3, -0.25) is 0 Å². The van der Waals surface area contributed by atoms with Crippen molar-refractivity contribution < 1.29 is 8.78 Å². The summed E-state index contributed by atoms with van der Waals surface area (Å²) < 4.78 is 26.8. The van der Waals surface area contributed by atoms with Crippen molar-refractivity contribution in [2.24, 2.45) is 5.73 Å². The molecule has 0 aromatic heterocycles. The summed E-state index contributed by atoms with van der Waals surface area (Å²) in [5, 5.41) is 0. The highest BCUT2D eigenvalue weighted by Gasteiger charge is 2.19. The number of anilines is 1. The summed E-state index contributed by atoms with van der Waals surface area (Å²) in [6, 6.07) is 9.35. The fraction of sp³-hybridized carbons (Fsp3) is 0.294. The summed E-state index contributed by atoms with van der Waals surface area (Å²) in [6.07, 6.45) is 0. The zero-order chi connectivity index (χ0) is 15.6. The standard InChI is InChI=1S/C17H20F2N2/c1-11-4-5-16(12(2)6-11)21(3)17(10-20)13-7-14(18)9-15(19)8-13/h4-9,17H,10,20H2,1-3H3. The Hall–Kier alpha value is -1.94. The molecule has 0 aliphatic rings. The molecule has 0 spiro atoms. The first-order valence-electron chi connectivity index (χ1n) is 6.88. The van der Waals surface area contributed by atoms with Crippen molar-refractivity contribution in [1.82, 2.24) is 0 Å². The van der Waals surface area contributed by atoms with E-state index in [1.54, 1.807) is 0 Å². The maximum atomic E-state index is 13.4. The maximum Gasteiger partial charge on any atom is 0.126 e.